The molecule has 0 bridgehead atoms. The number of hydrogen-bond acceptors (Lipinski definition) is 7. The zero-order valence-electron chi connectivity index (χ0n) is 17.0. The second kappa shape index (κ2) is 9.76. The number of tetrazole rings is 1. The molecule has 0 radical (unpaired) electrons. The quantitative estimate of drug-likeness (QED) is 0.328. The van der Waals surface area contributed by atoms with Gasteiger partial charge in [0.15, 0.2) is 17.2 Å². The van der Waals surface area contributed by atoms with Gasteiger partial charge < -0.3 is 19.9 Å². The number of phenols is 1. The van der Waals surface area contributed by atoms with E-state index >= 15 is 0 Å². The molecule has 8 nitrogen and oxygen atoms in total. The van der Waals surface area contributed by atoms with Crippen LogP contribution in [0.3, 0.4) is 0 Å². The number of nitrogens with one attached hydrogen (secondary N) is 1. The first kappa shape index (κ1) is 21.7. The van der Waals surface area contributed by atoms with Crippen LogP contribution in [0.15, 0.2) is 60.7 Å². The Hall–Kier alpha value is -3.49. The number of halogens is 2. The molecule has 0 amide bonds. The third-order valence-corrected chi connectivity index (χ3v) is 5.04. The molecule has 32 heavy (non-hydrogen) atoms. The lowest BCUT2D eigenvalue weighted by atomic mass is 10.2. The minimum absolute atomic E-state index is 0.142. The number of rotatable bonds is 8. The van der Waals surface area contributed by atoms with Gasteiger partial charge in [0.05, 0.1) is 22.3 Å². The topological polar surface area (TPSA) is 94.3 Å². The van der Waals surface area contributed by atoms with Gasteiger partial charge >= 0.3 is 6.01 Å². The lowest BCUT2D eigenvalue weighted by Crippen LogP contribution is -2.03. The van der Waals surface area contributed by atoms with E-state index in [0.717, 1.165) is 11.3 Å². The van der Waals surface area contributed by atoms with Gasteiger partial charge in [-0.05, 0) is 59.3 Å². The third kappa shape index (κ3) is 4.87. The number of nitrogens with zero attached hydrogens (tertiary/aromatic N) is 4. The third-order valence-electron chi connectivity index (χ3n) is 4.46. The molecule has 0 aliphatic carbocycles. The molecule has 0 unspecified atom stereocenters. The minimum atomic E-state index is -0.142. The van der Waals surface area contributed by atoms with Gasteiger partial charge in [-0.2, -0.15) is 4.68 Å². The van der Waals surface area contributed by atoms with Crippen molar-refractivity contribution in [2.45, 2.75) is 13.5 Å². The van der Waals surface area contributed by atoms with Crippen molar-refractivity contribution < 1.29 is 14.6 Å². The highest BCUT2D eigenvalue weighted by Crippen LogP contribution is 2.35. The van der Waals surface area contributed by atoms with E-state index in [1.165, 1.54) is 4.68 Å². The van der Waals surface area contributed by atoms with Crippen molar-refractivity contribution in [1.29, 1.82) is 0 Å². The zero-order chi connectivity index (χ0) is 22.5. The molecule has 10 heteroatoms. The molecule has 164 valence electrons. The van der Waals surface area contributed by atoms with Crippen LogP contribution in [0.4, 0.5) is 5.69 Å². The smallest absolute Gasteiger partial charge is 0.346 e. The Morgan fingerprint density at radius 3 is 2.47 bits per heavy atom. The number of ether oxygens (including phenoxy) is 2. The van der Waals surface area contributed by atoms with Gasteiger partial charge in [0.25, 0.3) is 0 Å². The monoisotopic (exact) mass is 471 g/mol. The lowest BCUT2D eigenvalue weighted by molar-refractivity contribution is 0.315. The molecular formula is C22H19Cl2N5O3. The van der Waals surface area contributed by atoms with Crippen molar-refractivity contribution in [2.75, 3.05) is 11.9 Å². The Morgan fingerprint density at radius 2 is 1.75 bits per heavy atom. The molecule has 0 atom stereocenters. The number of anilines is 1. The maximum Gasteiger partial charge on any atom is 0.346 e. The SMILES string of the molecule is CCOc1cc(CNc2cc(Cl)c(O)c(Cl)c2)ccc1Oc1nnnn1-c1ccccc1. The molecule has 0 saturated carbocycles. The van der Waals surface area contributed by atoms with Crippen LogP contribution in [0.2, 0.25) is 10.0 Å². The standard InChI is InChI=1S/C22H19Cl2N5O3/c1-2-31-20-10-14(13-25-15-11-17(23)21(30)18(24)12-15)8-9-19(20)32-22-26-27-28-29(22)16-6-4-3-5-7-16/h3-12,25,30H,2,13H2,1H3. The number of hydrogen-bond donors (Lipinski definition) is 2. The fourth-order valence-electron chi connectivity index (χ4n) is 2.96. The van der Waals surface area contributed by atoms with Crippen molar-refractivity contribution in [3.8, 4) is 28.9 Å². The molecule has 0 spiro atoms. The average molecular weight is 472 g/mol. The van der Waals surface area contributed by atoms with E-state index in [1.54, 1.807) is 18.2 Å². The fourth-order valence-corrected chi connectivity index (χ4v) is 3.45. The van der Waals surface area contributed by atoms with Crippen LogP contribution < -0.4 is 14.8 Å². The van der Waals surface area contributed by atoms with Gasteiger partial charge in [-0.1, -0.05) is 52.6 Å². The van der Waals surface area contributed by atoms with Crippen LogP contribution in [0.5, 0.6) is 23.3 Å². The van der Waals surface area contributed by atoms with Crippen molar-refractivity contribution in [1.82, 2.24) is 20.2 Å². The van der Waals surface area contributed by atoms with Crippen LogP contribution in [0, 0.1) is 0 Å². The second-order valence-corrected chi connectivity index (χ2v) is 7.48. The highest BCUT2D eigenvalue weighted by Gasteiger charge is 2.15. The molecular weight excluding hydrogens is 453 g/mol. The van der Waals surface area contributed by atoms with Crippen LogP contribution in [0.25, 0.3) is 5.69 Å². The summed E-state index contributed by atoms with van der Waals surface area (Å²) in [6.45, 7) is 2.82. The van der Waals surface area contributed by atoms with E-state index in [-0.39, 0.29) is 21.8 Å². The second-order valence-electron chi connectivity index (χ2n) is 6.67. The maximum absolute atomic E-state index is 9.70. The number of aromatic nitrogens is 4. The average Bonchev–Trinajstić information content (AvgIpc) is 3.26. The molecule has 1 heterocycles. The number of benzene rings is 3. The largest absolute Gasteiger partial charge is 0.505 e. The Balaban J connectivity index is 1.53. The van der Waals surface area contributed by atoms with Crippen LogP contribution in [0.1, 0.15) is 12.5 Å². The van der Waals surface area contributed by atoms with Crippen molar-refractivity contribution >= 4 is 28.9 Å². The summed E-state index contributed by atoms with van der Waals surface area (Å²) in [5.74, 6) is 0.895. The number of aromatic hydroxyl groups is 1. The minimum Gasteiger partial charge on any atom is -0.505 e. The normalized spacial score (nSPS) is 10.7. The van der Waals surface area contributed by atoms with E-state index < -0.39 is 0 Å². The van der Waals surface area contributed by atoms with E-state index in [4.69, 9.17) is 32.7 Å². The molecule has 4 aromatic rings. The predicted molar refractivity (Wildman–Crippen MR) is 122 cm³/mol. The number of para-hydroxylation sites is 1. The van der Waals surface area contributed by atoms with Gasteiger partial charge in [0, 0.05) is 12.2 Å². The Morgan fingerprint density at radius 1 is 1.00 bits per heavy atom. The van der Waals surface area contributed by atoms with Gasteiger partial charge in [-0.25, -0.2) is 0 Å². The highest BCUT2D eigenvalue weighted by atomic mass is 35.5. The summed E-state index contributed by atoms with van der Waals surface area (Å²) >= 11 is 12.0. The van der Waals surface area contributed by atoms with E-state index in [2.05, 4.69) is 20.8 Å². The predicted octanol–water partition coefficient (Wildman–Crippen LogP) is 5.48. The molecule has 3 aromatic carbocycles. The summed E-state index contributed by atoms with van der Waals surface area (Å²) in [6, 6.07) is 18.4. The summed E-state index contributed by atoms with van der Waals surface area (Å²) in [4.78, 5) is 0. The first-order chi connectivity index (χ1) is 15.5. The first-order valence-corrected chi connectivity index (χ1v) is 10.5. The number of phenolic OH excluding ortho intramolecular Hbond substituents is 1. The molecule has 2 N–H and O–H groups in total. The van der Waals surface area contributed by atoms with Gasteiger partial charge in [-0.3, -0.25) is 0 Å². The van der Waals surface area contributed by atoms with Gasteiger partial charge in [0.1, 0.15) is 0 Å². The fraction of sp³-hybridized carbons (Fsp3) is 0.136. The Labute approximate surface area is 194 Å². The zero-order valence-corrected chi connectivity index (χ0v) is 18.5. The summed E-state index contributed by atoms with van der Waals surface area (Å²) in [7, 11) is 0. The summed E-state index contributed by atoms with van der Waals surface area (Å²) in [5, 5.41) is 25.0. The van der Waals surface area contributed by atoms with Crippen molar-refractivity contribution in [3.05, 3.63) is 76.3 Å². The van der Waals surface area contributed by atoms with Gasteiger partial charge in [-0.15, -0.1) is 0 Å². The lowest BCUT2D eigenvalue weighted by Gasteiger charge is -2.14. The molecule has 0 saturated heterocycles. The summed E-state index contributed by atoms with van der Waals surface area (Å²) in [6.07, 6.45) is 0. The molecule has 0 aliphatic heterocycles. The van der Waals surface area contributed by atoms with Crippen LogP contribution in [-0.2, 0) is 6.54 Å². The Kier molecular flexibility index (Phi) is 6.63. The van der Waals surface area contributed by atoms with Crippen molar-refractivity contribution in [3.63, 3.8) is 0 Å². The molecule has 0 fully saturated rings. The molecule has 1 aromatic heterocycles. The maximum atomic E-state index is 9.70. The van der Waals surface area contributed by atoms with E-state index in [0.29, 0.717) is 30.3 Å². The summed E-state index contributed by atoms with van der Waals surface area (Å²) in [5.41, 5.74) is 2.39. The van der Waals surface area contributed by atoms with Crippen LogP contribution in [-0.4, -0.2) is 31.9 Å². The summed E-state index contributed by atoms with van der Waals surface area (Å²) < 4.78 is 13.2. The van der Waals surface area contributed by atoms with E-state index in [9.17, 15) is 5.11 Å². The van der Waals surface area contributed by atoms with Crippen LogP contribution >= 0.6 is 23.2 Å². The highest BCUT2D eigenvalue weighted by molar-refractivity contribution is 6.37. The molecule has 4 rings (SSSR count). The van der Waals surface area contributed by atoms with E-state index in [1.807, 2.05) is 49.4 Å². The Bertz CT molecular complexity index is 1190. The first-order valence-electron chi connectivity index (χ1n) is 9.74. The van der Waals surface area contributed by atoms with Crippen molar-refractivity contribution in [2.24, 2.45) is 0 Å². The van der Waals surface area contributed by atoms with Gasteiger partial charge in [0.2, 0.25) is 0 Å². The molecule has 0 aliphatic rings.